The lowest BCUT2D eigenvalue weighted by atomic mass is 10.2. The van der Waals surface area contributed by atoms with Crippen LogP contribution in [0.1, 0.15) is 39.9 Å². The molecule has 1 rings (SSSR count). The average molecular weight is 318 g/mol. The third-order valence-corrected chi connectivity index (χ3v) is 2.49. The van der Waals surface area contributed by atoms with Crippen molar-refractivity contribution in [2.75, 3.05) is 6.54 Å². The molecule has 0 aliphatic heterocycles. The number of aromatic nitrogens is 2. The number of imidazole rings is 1. The van der Waals surface area contributed by atoms with Crippen LogP contribution in [-0.4, -0.2) is 33.1 Å². The third-order valence-electron chi connectivity index (χ3n) is 2.08. The number of carbonyl (C=O) groups is 1. The minimum Gasteiger partial charge on any atom is -0.444 e. The fraction of sp³-hybridized carbons (Fsp3) is 0.667. The average Bonchev–Trinajstić information content (AvgIpc) is 2.61. The monoisotopic (exact) mass is 317 g/mol. The number of nitrogens with one attached hydrogen (secondary N) is 1. The largest absolute Gasteiger partial charge is 0.444 e. The van der Waals surface area contributed by atoms with E-state index in [9.17, 15) is 4.79 Å². The van der Waals surface area contributed by atoms with Gasteiger partial charge in [0.05, 0.1) is 12.7 Å². The lowest BCUT2D eigenvalue weighted by Gasteiger charge is -2.26. The summed E-state index contributed by atoms with van der Waals surface area (Å²) < 4.78 is 6.17. The highest BCUT2D eigenvalue weighted by atomic mass is 79.9. The minimum atomic E-state index is -0.479. The maximum atomic E-state index is 12.0. The third kappa shape index (κ3) is 5.08. The van der Waals surface area contributed by atoms with Crippen LogP contribution >= 0.6 is 15.9 Å². The van der Waals surface area contributed by atoms with Crippen LogP contribution in [0.5, 0.6) is 0 Å². The second-order valence-electron chi connectivity index (χ2n) is 5.08. The van der Waals surface area contributed by atoms with Gasteiger partial charge in [0, 0.05) is 6.54 Å². The molecule has 0 fully saturated rings. The highest BCUT2D eigenvalue weighted by Gasteiger charge is 2.22. The second-order valence-corrected chi connectivity index (χ2v) is 5.93. The molecule has 0 unspecified atom stereocenters. The number of ether oxygens (including phenoxy) is 1. The predicted octanol–water partition coefficient (Wildman–Crippen LogP) is 3.32. The molecule has 0 saturated heterocycles. The van der Waals surface area contributed by atoms with Crippen LogP contribution in [0.15, 0.2) is 10.8 Å². The molecular formula is C12H20BrN3O2. The fourth-order valence-electron chi connectivity index (χ4n) is 1.43. The Balaban J connectivity index is 2.67. The maximum absolute atomic E-state index is 12.0. The number of halogens is 1. The summed E-state index contributed by atoms with van der Waals surface area (Å²) in [7, 11) is 0. The van der Waals surface area contributed by atoms with Gasteiger partial charge >= 0.3 is 6.09 Å². The van der Waals surface area contributed by atoms with E-state index < -0.39 is 5.60 Å². The van der Waals surface area contributed by atoms with Gasteiger partial charge in [0.2, 0.25) is 0 Å². The first kappa shape index (κ1) is 15.0. The highest BCUT2D eigenvalue weighted by Crippen LogP contribution is 2.13. The van der Waals surface area contributed by atoms with Gasteiger partial charge in [0.25, 0.3) is 0 Å². The van der Waals surface area contributed by atoms with Crippen molar-refractivity contribution in [3.05, 3.63) is 16.6 Å². The van der Waals surface area contributed by atoms with Gasteiger partial charge in [-0.05, 0) is 43.1 Å². The summed E-state index contributed by atoms with van der Waals surface area (Å²) in [5, 5.41) is 0. The quantitative estimate of drug-likeness (QED) is 0.926. The fourth-order valence-corrected chi connectivity index (χ4v) is 1.76. The van der Waals surface area contributed by atoms with Gasteiger partial charge in [-0.2, -0.15) is 0 Å². The van der Waals surface area contributed by atoms with Crippen LogP contribution in [-0.2, 0) is 11.3 Å². The van der Waals surface area contributed by atoms with Gasteiger partial charge in [-0.15, -0.1) is 0 Å². The molecule has 5 nitrogen and oxygen atoms in total. The molecule has 0 aromatic carbocycles. The molecule has 0 saturated carbocycles. The Morgan fingerprint density at radius 2 is 2.22 bits per heavy atom. The Labute approximate surface area is 116 Å². The molecule has 6 heteroatoms. The van der Waals surface area contributed by atoms with Crippen molar-refractivity contribution in [1.29, 1.82) is 0 Å². The standard InChI is InChI=1S/C12H20BrN3O2/c1-5-6-16(11(17)18-12(2,3)4)8-10-14-7-9(13)15-10/h7H,5-6,8H2,1-4H3,(H,14,15). The Bertz CT molecular complexity index is 398. The molecule has 1 N–H and O–H groups in total. The SMILES string of the molecule is CCCN(Cc1ncc(Br)[nH]1)C(=O)OC(C)(C)C. The summed E-state index contributed by atoms with van der Waals surface area (Å²) in [6.07, 6.45) is 2.24. The molecule has 1 aromatic heterocycles. The highest BCUT2D eigenvalue weighted by molar-refractivity contribution is 9.10. The van der Waals surface area contributed by atoms with Crippen LogP contribution in [0, 0.1) is 0 Å². The van der Waals surface area contributed by atoms with E-state index in [1.54, 1.807) is 11.1 Å². The molecule has 18 heavy (non-hydrogen) atoms. The summed E-state index contributed by atoms with van der Waals surface area (Å²) >= 11 is 3.29. The first-order chi connectivity index (χ1) is 8.31. The van der Waals surface area contributed by atoms with Gasteiger partial charge in [0.15, 0.2) is 0 Å². The van der Waals surface area contributed by atoms with Crippen molar-refractivity contribution in [1.82, 2.24) is 14.9 Å². The predicted molar refractivity (Wildman–Crippen MR) is 73.2 cm³/mol. The normalized spacial score (nSPS) is 11.4. The zero-order valence-corrected chi connectivity index (χ0v) is 12.9. The van der Waals surface area contributed by atoms with Gasteiger partial charge in [-0.3, -0.25) is 0 Å². The number of hydrogen-bond donors (Lipinski definition) is 1. The number of H-pyrrole nitrogens is 1. The van der Waals surface area contributed by atoms with Crippen molar-refractivity contribution in [2.24, 2.45) is 0 Å². The molecule has 1 aromatic rings. The lowest BCUT2D eigenvalue weighted by Crippen LogP contribution is -2.37. The number of hydrogen-bond acceptors (Lipinski definition) is 3. The number of carbonyl (C=O) groups excluding carboxylic acids is 1. The van der Waals surface area contributed by atoms with E-state index in [-0.39, 0.29) is 6.09 Å². The topological polar surface area (TPSA) is 58.2 Å². The summed E-state index contributed by atoms with van der Waals surface area (Å²) in [5.74, 6) is 0.737. The molecule has 0 aliphatic carbocycles. The Kier molecular flexibility index (Phi) is 5.19. The number of nitrogens with zero attached hydrogens (tertiary/aromatic N) is 2. The zero-order valence-electron chi connectivity index (χ0n) is 11.3. The van der Waals surface area contributed by atoms with Gasteiger partial charge in [-0.1, -0.05) is 6.92 Å². The molecule has 0 atom stereocenters. The number of amides is 1. The van der Waals surface area contributed by atoms with Crippen LogP contribution in [0.2, 0.25) is 0 Å². The van der Waals surface area contributed by atoms with E-state index in [0.717, 1.165) is 16.8 Å². The van der Waals surface area contributed by atoms with Crippen molar-refractivity contribution in [2.45, 2.75) is 46.3 Å². The molecular weight excluding hydrogens is 298 g/mol. The summed E-state index contributed by atoms with van der Waals surface area (Å²) in [6.45, 7) is 8.67. The second kappa shape index (κ2) is 6.22. The summed E-state index contributed by atoms with van der Waals surface area (Å²) in [5.41, 5.74) is -0.479. The van der Waals surface area contributed by atoms with E-state index in [4.69, 9.17) is 4.74 Å². The molecule has 1 amide bonds. The molecule has 0 aliphatic rings. The first-order valence-electron chi connectivity index (χ1n) is 5.99. The van der Waals surface area contributed by atoms with Gasteiger partial charge in [0.1, 0.15) is 16.0 Å². The number of aromatic amines is 1. The van der Waals surface area contributed by atoms with Crippen LogP contribution in [0.4, 0.5) is 4.79 Å². The van der Waals surface area contributed by atoms with Gasteiger partial charge in [-0.25, -0.2) is 9.78 Å². The van der Waals surface area contributed by atoms with Crippen molar-refractivity contribution < 1.29 is 9.53 Å². The van der Waals surface area contributed by atoms with Crippen LogP contribution in [0.3, 0.4) is 0 Å². The van der Waals surface area contributed by atoms with Crippen LogP contribution in [0.25, 0.3) is 0 Å². The van der Waals surface area contributed by atoms with E-state index in [1.807, 2.05) is 27.7 Å². The minimum absolute atomic E-state index is 0.308. The van der Waals surface area contributed by atoms with E-state index in [0.29, 0.717) is 13.1 Å². The first-order valence-corrected chi connectivity index (χ1v) is 6.78. The Morgan fingerprint density at radius 3 is 2.67 bits per heavy atom. The number of rotatable bonds is 4. The Hall–Kier alpha value is -1.04. The zero-order chi connectivity index (χ0) is 13.8. The molecule has 1 heterocycles. The van der Waals surface area contributed by atoms with Crippen molar-refractivity contribution >= 4 is 22.0 Å². The molecule has 0 bridgehead atoms. The molecule has 0 spiro atoms. The van der Waals surface area contributed by atoms with Crippen LogP contribution < -0.4 is 0 Å². The summed E-state index contributed by atoms with van der Waals surface area (Å²) in [4.78, 5) is 20.9. The van der Waals surface area contributed by atoms with E-state index in [1.165, 1.54) is 0 Å². The molecule has 0 radical (unpaired) electrons. The summed E-state index contributed by atoms with van der Waals surface area (Å²) in [6, 6.07) is 0. The smallest absolute Gasteiger partial charge is 0.410 e. The van der Waals surface area contributed by atoms with Crippen molar-refractivity contribution in [3.63, 3.8) is 0 Å². The van der Waals surface area contributed by atoms with Crippen molar-refractivity contribution in [3.8, 4) is 0 Å². The maximum Gasteiger partial charge on any atom is 0.410 e. The van der Waals surface area contributed by atoms with E-state index >= 15 is 0 Å². The van der Waals surface area contributed by atoms with E-state index in [2.05, 4.69) is 25.9 Å². The lowest BCUT2D eigenvalue weighted by molar-refractivity contribution is 0.0229. The molecule has 102 valence electrons. The Morgan fingerprint density at radius 1 is 1.56 bits per heavy atom. The van der Waals surface area contributed by atoms with Gasteiger partial charge < -0.3 is 14.6 Å².